The number of aliphatic hydroxyl groups excluding tert-OH is 1. The van der Waals surface area contributed by atoms with Gasteiger partial charge in [0.2, 0.25) is 0 Å². The molecule has 0 heterocycles. The Balaban J connectivity index is 2.00. The molecule has 116 valence electrons. The van der Waals surface area contributed by atoms with E-state index in [1.807, 2.05) is 18.2 Å². The van der Waals surface area contributed by atoms with E-state index < -0.39 is 0 Å². The average molecular weight is 289 g/mol. The highest BCUT2D eigenvalue weighted by atomic mass is 16.3. The molecule has 3 nitrogen and oxygen atoms in total. The van der Waals surface area contributed by atoms with Gasteiger partial charge in [0.05, 0.1) is 6.10 Å². The van der Waals surface area contributed by atoms with Crippen LogP contribution >= 0.6 is 0 Å². The summed E-state index contributed by atoms with van der Waals surface area (Å²) < 4.78 is 0. The van der Waals surface area contributed by atoms with Gasteiger partial charge >= 0.3 is 0 Å². The number of benzene rings is 1. The Morgan fingerprint density at radius 2 is 1.90 bits per heavy atom. The maximum atomic E-state index is 12.4. The van der Waals surface area contributed by atoms with Crippen molar-refractivity contribution in [3.8, 4) is 0 Å². The van der Waals surface area contributed by atoms with Gasteiger partial charge in [0.15, 0.2) is 0 Å². The van der Waals surface area contributed by atoms with Crippen molar-refractivity contribution in [2.24, 2.45) is 0 Å². The van der Waals surface area contributed by atoms with E-state index in [9.17, 15) is 9.90 Å². The van der Waals surface area contributed by atoms with Crippen molar-refractivity contribution >= 4 is 5.91 Å². The van der Waals surface area contributed by atoms with Gasteiger partial charge in [0.1, 0.15) is 0 Å². The highest BCUT2D eigenvalue weighted by molar-refractivity contribution is 5.94. The Kier molecular flexibility index (Phi) is 5.80. The van der Waals surface area contributed by atoms with Crippen LogP contribution in [-0.2, 0) is 0 Å². The van der Waals surface area contributed by atoms with Gasteiger partial charge in [-0.15, -0.1) is 0 Å². The number of carbonyl (C=O) groups is 1. The van der Waals surface area contributed by atoms with E-state index in [2.05, 4.69) is 25.2 Å². The summed E-state index contributed by atoms with van der Waals surface area (Å²) in [4.78, 5) is 12.4. The van der Waals surface area contributed by atoms with Crippen molar-refractivity contribution in [3.63, 3.8) is 0 Å². The fraction of sp³-hybridized carbons (Fsp3) is 0.611. The molecule has 1 fully saturated rings. The zero-order valence-electron chi connectivity index (χ0n) is 13.1. The molecule has 0 aliphatic heterocycles. The molecule has 0 radical (unpaired) electrons. The number of aliphatic hydroxyl groups is 1. The van der Waals surface area contributed by atoms with Gasteiger partial charge in [-0.05, 0) is 62.1 Å². The van der Waals surface area contributed by atoms with Gasteiger partial charge < -0.3 is 10.4 Å². The molecule has 1 aromatic rings. The lowest BCUT2D eigenvalue weighted by molar-refractivity contribution is 0.0867. The highest BCUT2D eigenvalue weighted by Gasteiger charge is 2.21. The molecule has 0 spiro atoms. The molecule has 0 bridgehead atoms. The monoisotopic (exact) mass is 289 g/mol. The molecule has 21 heavy (non-hydrogen) atoms. The van der Waals surface area contributed by atoms with E-state index >= 15 is 0 Å². The second-order valence-electron chi connectivity index (χ2n) is 6.12. The summed E-state index contributed by atoms with van der Waals surface area (Å²) >= 11 is 0. The quantitative estimate of drug-likeness (QED) is 0.869. The Morgan fingerprint density at radius 3 is 2.52 bits per heavy atom. The predicted molar refractivity (Wildman–Crippen MR) is 85.5 cm³/mol. The Hall–Kier alpha value is -1.35. The lowest BCUT2D eigenvalue weighted by Crippen LogP contribution is -2.38. The molecular formula is C18H27NO2. The number of hydrogen-bond donors (Lipinski definition) is 2. The largest absolute Gasteiger partial charge is 0.393 e. The van der Waals surface area contributed by atoms with Crippen LogP contribution in [0.15, 0.2) is 24.3 Å². The topological polar surface area (TPSA) is 49.3 Å². The minimum absolute atomic E-state index is 0.0178. The Labute approximate surface area is 127 Å². The molecule has 1 aliphatic carbocycles. The van der Waals surface area contributed by atoms with Gasteiger partial charge in [-0.3, -0.25) is 4.79 Å². The molecule has 1 aliphatic rings. The third-order valence-electron chi connectivity index (χ3n) is 4.64. The van der Waals surface area contributed by atoms with Crippen molar-refractivity contribution in [1.82, 2.24) is 5.32 Å². The standard InChI is InChI=1S/C18H27NO2/c1-3-13(4-2)14-6-5-7-15(12-14)18(21)19-16-8-10-17(20)11-9-16/h5-7,12-13,16-17,20H,3-4,8-11H2,1-2H3,(H,19,21)/t16-,17-. The number of carbonyl (C=O) groups excluding carboxylic acids is 1. The van der Waals surface area contributed by atoms with E-state index in [0.29, 0.717) is 5.92 Å². The van der Waals surface area contributed by atoms with Crippen LogP contribution in [0.5, 0.6) is 0 Å². The number of amides is 1. The molecule has 2 N–H and O–H groups in total. The second kappa shape index (κ2) is 7.60. The average Bonchev–Trinajstić information content (AvgIpc) is 2.51. The van der Waals surface area contributed by atoms with E-state index in [1.165, 1.54) is 5.56 Å². The SMILES string of the molecule is CCC(CC)c1cccc(C(=O)N[C@H]2CC[C@H](O)CC2)c1. The molecule has 0 saturated heterocycles. The third-order valence-corrected chi connectivity index (χ3v) is 4.64. The van der Waals surface area contributed by atoms with Crippen LogP contribution in [0.1, 0.15) is 74.2 Å². The zero-order valence-corrected chi connectivity index (χ0v) is 13.1. The summed E-state index contributed by atoms with van der Waals surface area (Å²) in [5, 5.41) is 12.6. The van der Waals surface area contributed by atoms with Crippen LogP contribution in [0.4, 0.5) is 0 Å². The van der Waals surface area contributed by atoms with Gasteiger partial charge in [-0.1, -0.05) is 26.0 Å². The van der Waals surface area contributed by atoms with Crippen molar-refractivity contribution < 1.29 is 9.90 Å². The summed E-state index contributed by atoms with van der Waals surface area (Å²) in [5.41, 5.74) is 2.01. The van der Waals surface area contributed by atoms with Crippen LogP contribution in [0, 0.1) is 0 Å². The van der Waals surface area contributed by atoms with Crippen molar-refractivity contribution in [1.29, 1.82) is 0 Å². The van der Waals surface area contributed by atoms with E-state index in [1.54, 1.807) is 0 Å². The summed E-state index contributed by atoms with van der Waals surface area (Å²) in [6, 6.07) is 8.22. The first-order chi connectivity index (χ1) is 10.1. The zero-order chi connectivity index (χ0) is 15.2. The maximum absolute atomic E-state index is 12.4. The Bertz CT molecular complexity index is 460. The molecule has 1 saturated carbocycles. The fourth-order valence-electron chi connectivity index (χ4n) is 3.18. The molecule has 1 aromatic carbocycles. The maximum Gasteiger partial charge on any atom is 0.251 e. The first-order valence-corrected chi connectivity index (χ1v) is 8.22. The van der Waals surface area contributed by atoms with Crippen LogP contribution in [-0.4, -0.2) is 23.2 Å². The summed E-state index contributed by atoms with van der Waals surface area (Å²) in [6.07, 6.45) is 5.34. The molecule has 0 atom stereocenters. The van der Waals surface area contributed by atoms with Gasteiger partial charge in [0.25, 0.3) is 5.91 Å². The first kappa shape index (κ1) is 16.0. The Morgan fingerprint density at radius 1 is 1.24 bits per heavy atom. The molecule has 2 rings (SSSR count). The minimum atomic E-state index is -0.184. The van der Waals surface area contributed by atoms with Crippen molar-refractivity contribution in [2.45, 2.75) is 70.4 Å². The lowest BCUT2D eigenvalue weighted by Gasteiger charge is -2.26. The van der Waals surface area contributed by atoms with E-state index in [0.717, 1.165) is 44.1 Å². The van der Waals surface area contributed by atoms with Crippen LogP contribution in [0.25, 0.3) is 0 Å². The van der Waals surface area contributed by atoms with Crippen molar-refractivity contribution in [3.05, 3.63) is 35.4 Å². The van der Waals surface area contributed by atoms with Crippen LogP contribution in [0.2, 0.25) is 0 Å². The van der Waals surface area contributed by atoms with Crippen LogP contribution in [0.3, 0.4) is 0 Å². The van der Waals surface area contributed by atoms with Gasteiger partial charge in [0, 0.05) is 11.6 Å². The minimum Gasteiger partial charge on any atom is -0.393 e. The molecule has 1 amide bonds. The molecule has 0 aromatic heterocycles. The van der Waals surface area contributed by atoms with Crippen molar-refractivity contribution in [2.75, 3.05) is 0 Å². The summed E-state index contributed by atoms with van der Waals surface area (Å²) in [6.45, 7) is 4.38. The summed E-state index contributed by atoms with van der Waals surface area (Å²) in [7, 11) is 0. The van der Waals surface area contributed by atoms with Crippen LogP contribution < -0.4 is 5.32 Å². The van der Waals surface area contributed by atoms with E-state index in [-0.39, 0.29) is 18.1 Å². The van der Waals surface area contributed by atoms with E-state index in [4.69, 9.17) is 0 Å². The smallest absolute Gasteiger partial charge is 0.251 e. The summed E-state index contributed by atoms with van der Waals surface area (Å²) in [5.74, 6) is 0.548. The molecular weight excluding hydrogens is 262 g/mol. The van der Waals surface area contributed by atoms with Gasteiger partial charge in [-0.25, -0.2) is 0 Å². The molecule has 3 heteroatoms. The lowest BCUT2D eigenvalue weighted by atomic mass is 9.91. The fourth-order valence-corrected chi connectivity index (χ4v) is 3.18. The third kappa shape index (κ3) is 4.31. The normalized spacial score (nSPS) is 22.3. The first-order valence-electron chi connectivity index (χ1n) is 8.22. The van der Waals surface area contributed by atoms with Gasteiger partial charge in [-0.2, -0.15) is 0 Å². The number of hydrogen-bond acceptors (Lipinski definition) is 2. The second-order valence-corrected chi connectivity index (χ2v) is 6.12. The molecule has 0 unspecified atom stereocenters. The number of nitrogens with one attached hydrogen (secondary N) is 1. The highest BCUT2D eigenvalue weighted by Crippen LogP contribution is 2.24. The number of rotatable bonds is 5. The predicted octanol–water partition coefficient (Wildman–Crippen LogP) is 3.62.